The van der Waals surface area contributed by atoms with Gasteiger partial charge in [0.05, 0.1) is 11.5 Å². The summed E-state index contributed by atoms with van der Waals surface area (Å²) in [5, 5.41) is 0. The highest BCUT2D eigenvalue weighted by Crippen LogP contribution is 2.33. The molecule has 1 heterocycles. The molecule has 0 saturated carbocycles. The first kappa shape index (κ1) is 24.5. The van der Waals surface area contributed by atoms with Crippen molar-refractivity contribution in [2.24, 2.45) is 0 Å². The lowest BCUT2D eigenvalue weighted by Gasteiger charge is -2.13. The molecule has 32 heavy (non-hydrogen) atoms. The first-order chi connectivity index (χ1) is 15.5. The number of thiocarbonyl (C=S) groups is 1. The van der Waals surface area contributed by atoms with Gasteiger partial charge in [-0.2, -0.15) is 0 Å². The molecule has 0 N–H and O–H groups in total. The van der Waals surface area contributed by atoms with Crippen LogP contribution in [-0.4, -0.2) is 34.2 Å². The molecule has 1 amide bonds. The Morgan fingerprint density at radius 1 is 1.16 bits per heavy atom. The molecule has 168 valence electrons. The Balaban J connectivity index is 1.52. The first-order valence-corrected chi connectivity index (χ1v) is 12.4. The molecule has 0 aliphatic carbocycles. The second-order valence-corrected chi connectivity index (χ2v) is 9.73. The maximum Gasteiger partial charge on any atom is 0.305 e. The maximum atomic E-state index is 12.7. The van der Waals surface area contributed by atoms with Gasteiger partial charge in [-0.25, -0.2) is 0 Å². The summed E-state index contributed by atoms with van der Waals surface area (Å²) >= 11 is 10.1. The Bertz CT molecular complexity index is 990. The highest BCUT2D eigenvalue weighted by molar-refractivity contribution is 9.10. The smallest absolute Gasteiger partial charge is 0.305 e. The Kier molecular flexibility index (Phi) is 9.32. The molecule has 0 aromatic heterocycles. The maximum absolute atomic E-state index is 12.7. The summed E-state index contributed by atoms with van der Waals surface area (Å²) in [7, 11) is 0. The topological polar surface area (TPSA) is 55.8 Å². The van der Waals surface area contributed by atoms with Crippen molar-refractivity contribution in [3.8, 4) is 5.75 Å². The van der Waals surface area contributed by atoms with Crippen LogP contribution < -0.4 is 4.74 Å². The van der Waals surface area contributed by atoms with Crippen LogP contribution in [0.25, 0.3) is 6.08 Å². The van der Waals surface area contributed by atoms with E-state index in [0.29, 0.717) is 35.4 Å². The molecular formula is C24H24BrNO4S2. The minimum Gasteiger partial charge on any atom is -0.489 e. The van der Waals surface area contributed by atoms with E-state index in [9.17, 15) is 9.59 Å². The third-order valence-corrected chi connectivity index (χ3v) is 6.51. The van der Waals surface area contributed by atoms with E-state index in [4.69, 9.17) is 21.7 Å². The fraction of sp³-hybridized carbons (Fsp3) is 0.292. The molecule has 1 fully saturated rings. The number of hydrogen-bond acceptors (Lipinski definition) is 6. The zero-order chi connectivity index (χ0) is 22.9. The van der Waals surface area contributed by atoms with Gasteiger partial charge >= 0.3 is 5.97 Å². The van der Waals surface area contributed by atoms with Gasteiger partial charge in [0.15, 0.2) is 0 Å². The van der Waals surface area contributed by atoms with Crippen LogP contribution in [0.15, 0.2) is 57.9 Å². The number of ether oxygens (including phenoxy) is 2. The van der Waals surface area contributed by atoms with Crippen LogP contribution in [0.5, 0.6) is 5.75 Å². The van der Waals surface area contributed by atoms with Crippen LogP contribution in [0.4, 0.5) is 0 Å². The Labute approximate surface area is 206 Å². The monoisotopic (exact) mass is 533 g/mol. The average molecular weight is 534 g/mol. The number of nitrogens with zero attached hydrogens (tertiary/aromatic N) is 1. The van der Waals surface area contributed by atoms with Gasteiger partial charge in [0, 0.05) is 17.4 Å². The Morgan fingerprint density at radius 2 is 1.88 bits per heavy atom. The van der Waals surface area contributed by atoms with Crippen molar-refractivity contribution in [3.63, 3.8) is 0 Å². The summed E-state index contributed by atoms with van der Waals surface area (Å²) in [6.45, 7) is 3.27. The number of carbonyl (C=O) groups excluding carboxylic acids is 2. The molecule has 2 aromatic rings. The van der Waals surface area contributed by atoms with Crippen molar-refractivity contribution in [1.29, 1.82) is 0 Å². The lowest BCUT2D eigenvalue weighted by atomic mass is 10.2. The number of halogens is 1. The molecular weight excluding hydrogens is 510 g/mol. The molecule has 0 spiro atoms. The van der Waals surface area contributed by atoms with Gasteiger partial charge in [-0.3, -0.25) is 14.5 Å². The largest absolute Gasteiger partial charge is 0.489 e. The fourth-order valence-electron chi connectivity index (χ4n) is 2.92. The highest BCUT2D eigenvalue weighted by Gasteiger charge is 2.31. The van der Waals surface area contributed by atoms with Crippen LogP contribution in [-0.2, 0) is 20.9 Å². The minimum atomic E-state index is -0.240. The van der Waals surface area contributed by atoms with E-state index in [1.165, 1.54) is 11.8 Å². The summed E-state index contributed by atoms with van der Waals surface area (Å²) in [5.74, 6) is 0.389. The number of thioether (sulfide) groups is 1. The van der Waals surface area contributed by atoms with Crippen molar-refractivity contribution in [1.82, 2.24) is 4.90 Å². The van der Waals surface area contributed by atoms with Gasteiger partial charge in [0.1, 0.15) is 16.7 Å². The molecule has 0 atom stereocenters. The third-order valence-electron chi connectivity index (χ3n) is 4.60. The summed E-state index contributed by atoms with van der Waals surface area (Å²) in [6, 6.07) is 15.6. The van der Waals surface area contributed by atoms with Crippen LogP contribution in [0.2, 0.25) is 0 Å². The summed E-state index contributed by atoms with van der Waals surface area (Å²) < 4.78 is 12.4. The Hall–Kier alpha value is -2.16. The minimum absolute atomic E-state index is 0.127. The van der Waals surface area contributed by atoms with Gasteiger partial charge in [0.2, 0.25) is 0 Å². The van der Waals surface area contributed by atoms with Gasteiger partial charge in [0.25, 0.3) is 5.91 Å². The molecule has 0 unspecified atom stereocenters. The number of rotatable bonds is 10. The van der Waals surface area contributed by atoms with Gasteiger partial charge < -0.3 is 9.47 Å². The normalized spacial score (nSPS) is 14.8. The molecule has 2 aromatic carbocycles. The fourth-order valence-corrected chi connectivity index (χ4v) is 4.49. The quantitative estimate of drug-likeness (QED) is 0.213. The molecule has 1 aliphatic heterocycles. The lowest BCUT2D eigenvalue weighted by Crippen LogP contribution is -2.29. The van der Waals surface area contributed by atoms with E-state index in [1.54, 1.807) is 4.90 Å². The number of hydrogen-bond donors (Lipinski definition) is 0. The zero-order valence-corrected chi connectivity index (χ0v) is 20.9. The average Bonchev–Trinajstić information content (AvgIpc) is 3.05. The molecule has 3 rings (SSSR count). The first-order valence-electron chi connectivity index (χ1n) is 10.3. The number of esters is 1. The van der Waals surface area contributed by atoms with Gasteiger partial charge in [-0.1, -0.05) is 71.1 Å². The number of carbonyl (C=O) groups is 2. The van der Waals surface area contributed by atoms with E-state index in [-0.39, 0.29) is 18.3 Å². The van der Waals surface area contributed by atoms with Crippen molar-refractivity contribution in [3.05, 3.63) is 69.0 Å². The van der Waals surface area contributed by atoms with Crippen LogP contribution >= 0.6 is 39.9 Å². The van der Waals surface area contributed by atoms with E-state index >= 15 is 0 Å². The van der Waals surface area contributed by atoms with Crippen LogP contribution in [0.3, 0.4) is 0 Å². The molecule has 1 aliphatic rings. The lowest BCUT2D eigenvalue weighted by molar-refractivity contribution is -0.144. The van der Waals surface area contributed by atoms with E-state index in [0.717, 1.165) is 27.8 Å². The summed E-state index contributed by atoms with van der Waals surface area (Å²) in [5.41, 5.74) is 1.98. The third kappa shape index (κ3) is 7.18. The van der Waals surface area contributed by atoms with Gasteiger partial charge in [-0.15, -0.1) is 0 Å². The molecule has 1 saturated heterocycles. The second kappa shape index (κ2) is 12.2. The Morgan fingerprint density at radius 3 is 2.56 bits per heavy atom. The zero-order valence-electron chi connectivity index (χ0n) is 17.7. The second-order valence-electron chi connectivity index (χ2n) is 7.14. The highest BCUT2D eigenvalue weighted by atomic mass is 79.9. The van der Waals surface area contributed by atoms with Crippen LogP contribution in [0, 0.1) is 0 Å². The predicted octanol–water partition coefficient (Wildman–Crippen LogP) is 5.96. The van der Waals surface area contributed by atoms with E-state index < -0.39 is 0 Å². The predicted molar refractivity (Wildman–Crippen MR) is 135 cm³/mol. The molecule has 0 bridgehead atoms. The van der Waals surface area contributed by atoms with Crippen molar-refractivity contribution in [2.45, 2.75) is 32.8 Å². The summed E-state index contributed by atoms with van der Waals surface area (Å²) in [6.07, 6.45) is 3.42. The molecule has 5 nitrogen and oxygen atoms in total. The number of amides is 1. The van der Waals surface area contributed by atoms with E-state index in [1.807, 2.05) is 61.5 Å². The molecule has 0 radical (unpaired) electrons. The van der Waals surface area contributed by atoms with Crippen molar-refractivity contribution in [2.75, 3.05) is 13.2 Å². The number of benzene rings is 2. The van der Waals surface area contributed by atoms with Crippen molar-refractivity contribution >= 4 is 62.2 Å². The van der Waals surface area contributed by atoms with E-state index in [2.05, 4.69) is 15.9 Å². The standard InChI is InChI=1S/C24H24BrNO4S2/c1-2-14-29-22(27)4-3-13-26-23(28)21(32-24(26)31)15-17-7-11-20(12-8-17)30-16-18-5-9-19(25)10-6-18/h5-12,15H,2-4,13-14,16H2,1H3/b21-15+. The SMILES string of the molecule is CCCOC(=O)CCCN1C(=O)/C(=C\c2ccc(OCc3ccc(Br)cc3)cc2)SC1=S. The van der Waals surface area contributed by atoms with Gasteiger partial charge in [-0.05, 0) is 54.3 Å². The summed E-state index contributed by atoms with van der Waals surface area (Å²) in [4.78, 5) is 26.5. The molecule has 8 heteroatoms. The van der Waals surface area contributed by atoms with Crippen LogP contribution in [0.1, 0.15) is 37.3 Å². The van der Waals surface area contributed by atoms with Crippen molar-refractivity contribution < 1.29 is 19.1 Å².